The lowest BCUT2D eigenvalue weighted by Gasteiger charge is -2.21. The van der Waals surface area contributed by atoms with Crippen LogP contribution in [0.3, 0.4) is 0 Å². The molecular weight excluding hydrogens is 202 g/mol. The Balaban J connectivity index is 2.14. The zero-order valence-electron chi connectivity index (χ0n) is 10.6. The number of rotatable bonds is 7. The van der Waals surface area contributed by atoms with E-state index in [1.165, 1.54) is 38.5 Å². The summed E-state index contributed by atoms with van der Waals surface area (Å²) in [5.41, 5.74) is 0. The first-order valence-electron chi connectivity index (χ1n) is 6.82. The molecule has 1 saturated carbocycles. The van der Waals surface area contributed by atoms with Crippen LogP contribution in [0.25, 0.3) is 0 Å². The molecule has 0 aliphatic heterocycles. The van der Waals surface area contributed by atoms with E-state index in [4.69, 9.17) is 4.74 Å². The molecule has 0 amide bonds. The van der Waals surface area contributed by atoms with Gasteiger partial charge in [-0.25, -0.2) is 0 Å². The largest absolute Gasteiger partial charge is 0.395 e. The minimum absolute atomic E-state index is 0.114. The van der Waals surface area contributed by atoms with Gasteiger partial charge in [-0.3, -0.25) is 0 Å². The minimum Gasteiger partial charge on any atom is -0.395 e. The van der Waals surface area contributed by atoms with Crippen molar-refractivity contribution in [2.75, 3.05) is 19.8 Å². The highest BCUT2D eigenvalue weighted by molar-refractivity contribution is 4.68. The van der Waals surface area contributed by atoms with Crippen molar-refractivity contribution in [3.8, 4) is 0 Å². The van der Waals surface area contributed by atoms with Crippen molar-refractivity contribution in [3.63, 3.8) is 0 Å². The van der Waals surface area contributed by atoms with Gasteiger partial charge in [-0.1, -0.05) is 32.6 Å². The van der Waals surface area contributed by atoms with Crippen LogP contribution in [0.5, 0.6) is 0 Å². The van der Waals surface area contributed by atoms with E-state index < -0.39 is 0 Å². The van der Waals surface area contributed by atoms with Gasteiger partial charge >= 0.3 is 0 Å². The van der Waals surface area contributed by atoms with E-state index in [0.29, 0.717) is 12.7 Å². The van der Waals surface area contributed by atoms with Crippen LogP contribution < -0.4 is 5.32 Å². The first-order chi connectivity index (χ1) is 7.86. The topological polar surface area (TPSA) is 41.5 Å². The van der Waals surface area contributed by atoms with E-state index in [1.807, 2.05) is 0 Å². The molecule has 16 heavy (non-hydrogen) atoms. The average Bonchev–Trinajstić information content (AvgIpc) is 2.58. The zero-order valence-corrected chi connectivity index (χ0v) is 10.6. The van der Waals surface area contributed by atoms with Crippen molar-refractivity contribution in [2.24, 2.45) is 0 Å². The van der Waals surface area contributed by atoms with E-state index >= 15 is 0 Å². The highest BCUT2D eigenvalue weighted by atomic mass is 16.5. The number of nitrogens with one attached hydrogen (secondary N) is 1. The molecule has 0 aromatic rings. The molecule has 2 N–H and O–H groups in total. The molecule has 96 valence electrons. The Kier molecular flexibility index (Phi) is 7.81. The van der Waals surface area contributed by atoms with Gasteiger partial charge in [-0.05, 0) is 25.8 Å². The van der Waals surface area contributed by atoms with E-state index in [2.05, 4.69) is 12.2 Å². The van der Waals surface area contributed by atoms with Crippen LogP contribution in [0.15, 0.2) is 0 Å². The molecule has 0 heterocycles. The van der Waals surface area contributed by atoms with Crippen LogP contribution in [0, 0.1) is 0 Å². The van der Waals surface area contributed by atoms with Crippen molar-refractivity contribution in [1.82, 2.24) is 5.32 Å². The van der Waals surface area contributed by atoms with Crippen LogP contribution in [0.4, 0.5) is 0 Å². The Morgan fingerprint density at radius 1 is 1.25 bits per heavy atom. The molecule has 0 spiro atoms. The molecule has 0 aromatic heterocycles. The van der Waals surface area contributed by atoms with E-state index in [1.54, 1.807) is 0 Å². The summed E-state index contributed by atoms with van der Waals surface area (Å²) in [6, 6.07) is 0.114. The molecule has 1 fully saturated rings. The standard InChI is InChI=1S/C13H27NO2/c1-2-9-14-12(10-15)11-16-13-7-5-3-4-6-8-13/h12-15H,2-11H2,1H3. The first kappa shape index (κ1) is 13.9. The Bertz CT molecular complexity index is 156. The maximum absolute atomic E-state index is 9.20. The quantitative estimate of drug-likeness (QED) is 0.657. The van der Waals surface area contributed by atoms with Crippen LogP contribution in [-0.2, 0) is 4.74 Å². The highest BCUT2D eigenvalue weighted by Crippen LogP contribution is 2.19. The molecule has 1 aliphatic carbocycles. The molecule has 0 radical (unpaired) electrons. The molecule has 1 atom stereocenters. The SMILES string of the molecule is CCCNC(CO)COC1CCCCCC1. The summed E-state index contributed by atoms with van der Waals surface area (Å²) in [6.45, 7) is 3.92. The average molecular weight is 229 g/mol. The van der Waals surface area contributed by atoms with Crippen molar-refractivity contribution >= 4 is 0 Å². The predicted molar refractivity (Wildman–Crippen MR) is 66.6 cm³/mol. The van der Waals surface area contributed by atoms with Crippen molar-refractivity contribution in [2.45, 2.75) is 64.0 Å². The van der Waals surface area contributed by atoms with Gasteiger partial charge in [0.25, 0.3) is 0 Å². The van der Waals surface area contributed by atoms with Gasteiger partial charge in [0.15, 0.2) is 0 Å². The third-order valence-electron chi connectivity index (χ3n) is 3.24. The number of hydrogen-bond donors (Lipinski definition) is 2. The summed E-state index contributed by atoms with van der Waals surface area (Å²) in [7, 11) is 0. The van der Waals surface area contributed by atoms with Gasteiger partial charge in [-0.15, -0.1) is 0 Å². The summed E-state index contributed by atoms with van der Waals surface area (Å²) in [5, 5.41) is 12.5. The summed E-state index contributed by atoms with van der Waals surface area (Å²) in [5.74, 6) is 0. The molecule has 1 rings (SSSR count). The second kappa shape index (κ2) is 8.97. The highest BCUT2D eigenvalue weighted by Gasteiger charge is 2.14. The Morgan fingerprint density at radius 3 is 2.50 bits per heavy atom. The number of aliphatic hydroxyl groups excluding tert-OH is 1. The Hall–Kier alpha value is -0.120. The summed E-state index contributed by atoms with van der Waals surface area (Å²) in [6.07, 6.45) is 9.25. The molecule has 0 saturated heterocycles. The molecule has 3 heteroatoms. The van der Waals surface area contributed by atoms with Gasteiger partial charge in [0, 0.05) is 0 Å². The van der Waals surface area contributed by atoms with E-state index in [-0.39, 0.29) is 12.6 Å². The summed E-state index contributed by atoms with van der Waals surface area (Å²) in [4.78, 5) is 0. The second-order valence-corrected chi connectivity index (χ2v) is 4.78. The van der Waals surface area contributed by atoms with Crippen LogP contribution in [0.2, 0.25) is 0 Å². The van der Waals surface area contributed by atoms with Gasteiger partial charge in [0.2, 0.25) is 0 Å². The fourth-order valence-electron chi connectivity index (χ4n) is 2.19. The van der Waals surface area contributed by atoms with Crippen LogP contribution in [-0.4, -0.2) is 37.0 Å². The Labute approximate surface area is 99.6 Å². The number of ether oxygens (including phenoxy) is 1. The molecule has 1 unspecified atom stereocenters. The molecular formula is C13H27NO2. The second-order valence-electron chi connectivity index (χ2n) is 4.78. The maximum Gasteiger partial charge on any atom is 0.0645 e. The zero-order chi connectivity index (χ0) is 11.6. The third-order valence-corrected chi connectivity index (χ3v) is 3.24. The first-order valence-corrected chi connectivity index (χ1v) is 6.82. The molecule has 0 bridgehead atoms. The molecule has 0 aromatic carbocycles. The third kappa shape index (κ3) is 5.83. The fraction of sp³-hybridized carbons (Fsp3) is 1.00. The van der Waals surface area contributed by atoms with Crippen molar-refractivity contribution in [3.05, 3.63) is 0 Å². The monoisotopic (exact) mass is 229 g/mol. The lowest BCUT2D eigenvalue weighted by Crippen LogP contribution is -2.38. The van der Waals surface area contributed by atoms with E-state index in [9.17, 15) is 5.11 Å². The smallest absolute Gasteiger partial charge is 0.0645 e. The van der Waals surface area contributed by atoms with Gasteiger partial charge < -0.3 is 15.2 Å². The normalized spacial score (nSPS) is 20.6. The fourth-order valence-corrected chi connectivity index (χ4v) is 2.19. The summed E-state index contributed by atoms with van der Waals surface area (Å²) < 4.78 is 5.89. The predicted octanol–water partition coefficient (Wildman–Crippen LogP) is 2.09. The van der Waals surface area contributed by atoms with Gasteiger partial charge in [-0.2, -0.15) is 0 Å². The van der Waals surface area contributed by atoms with Crippen LogP contribution >= 0.6 is 0 Å². The number of hydrogen-bond acceptors (Lipinski definition) is 3. The lowest BCUT2D eigenvalue weighted by molar-refractivity contribution is 0.0192. The number of aliphatic hydroxyl groups is 1. The molecule has 1 aliphatic rings. The van der Waals surface area contributed by atoms with Crippen molar-refractivity contribution < 1.29 is 9.84 Å². The minimum atomic E-state index is 0.114. The summed E-state index contributed by atoms with van der Waals surface area (Å²) >= 11 is 0. The van der Waals surface area contributed by atoms with E-state index in [0.717, 1.165) is 13.0 Å². The van der Waals surface area contributed by atoms with Crippen LogP contribution in [0.1, 0.15) is 51.9 Å². The Morgan fingerprint density at radius 2 is 1.94 bits per heavy atom. The van der Waals surface area contributed by atoms with Gasteiger partial charge in [0.05, 0.1) is 25.4 Å². The van der Waals surface area contributed by atoms with Gasteiger partial charge in [0.1, 0.15) is 0 Å². The maximum atomic E-state index is 9.20. The van der Waals surface area contributed by atoms with Crippen molar-refractivity contribution in [1.29, 1.82) is 0 Å². The molecule has 3 nitrogen and oxygen atoms in total. The lowest BCUT2D eigenvalue weighted by atomic mass is 10.1.